The molecule has 1 atom stereocenters. The lowest BCUT2D eigenvalue weighted by Crippen LogP contribution is -2.30. The Labute approximate surface area is 153 Å². The van der Waals surface area contributed by atoms with Gasteiger partial charge in [0, 0.05) is 7.05 Å². The standard InChI is InChI=1S/C20H25N3O3/c1-12-18(13(2)23(4)22-12)21-19(24)14(3)26-20(25)17-10-9-15-7-5-6-8-16(15)11-17/h9-11,14H,5-8H2,1-4H3,(H,21,24)/t14-/m1/s1. The summed E-state index contributed by atoms with van der Waals surface area (Å²) >= 11 is 0. The average Bonchev–Trinajstić information content (AvgIpc) is 2.87. The third kappa shape index (κ3) is 3.64. The monoisotopic (exact) mass is 355 g/mol. The Morgan fingerprint density at radius 2 is 1.88 bits per heavy atom. The van der Waals surface area contributed by atoms with Crippen LogP contribution in [0.25, 0.3) is 0 Å². The minimum atomic E-state index is -0.891. The van der Waals surface area contributed by atoms with Gasteiger partial charge in [-0.3, -0.25) is 9.48 Å². The van der Waals surface area contributed by atoms with Gasteiger partial charge in [0.15, 0.2) is 6.10 Å². The van der Waals surface area contributed by atoms with Gasteiger partial charge in [-0.1, -0.05) is 6.07 Å². The summed E-state index contributed by atoms with van der Waals surface area (Å²) in [4.78, 5) is 24.8. The van der Waals surface area contributed by atoms with Crippen LogP contribution in [0.5, 0.6) is 0 Å². The molecule has 0 fully saturated rings. The van der Waals surface area contributed by atoms with Gasteiger partial charge in [-0.2, -0.15) is 5.10 Å². The number of nitrogens with zero attached hydrogens (tertiary/aromatic N) is 2. The lowest BCUT2D eigenvalue weighted by Gasteiger charge is -2.17. The van der Waals surface area contributed by atoms with Crippen molar-refractivity contribution in [1.29, 1.82) is 0 Å². The molecule has 1 aliphatic rings. The molecule has 138 valence electrons. The fraction of sp³-hybridized carbons (Fsp3) is 0.450. The predicted octanol–water partition coefficient (Wildman–Crippen LogP) is 3.10. The first kappa shape index (κ1) is 18.2. The number of ether oxygens (including phenoxy) is 1. The lowest BCUT2D eigenvalue weighted by atomic mass is 9.90. The molecule has 26 heavy (non-hydrogen) atoms. The number of hydrogen-bond acceptors (Lipinski definition) is 4. The van der Waals surface area contributed by atoms with Gasteiger partial charge in [0.2, 0.25) is 0 Å². The third-order valence-corrected chi connectivity index (χ3v) is 4.99. The summed E-state index contributed by atoms with van der Waals surface area (Å²) in [6.07, 6.45) is 3.51. The molecule has 1 N–H and O–H groups in total. The zero-order valence-corrected chi connectivity index (χ0v) is 15.8. The minimum absolute atomic E-state index is 0.365. The SMILES string of the molecule is Cc1nn(C)c(C)c1NC(=O)[C@@H](C)OC(=O)c1ccc2c(c1)CCCC2. The molecule has 1 aromatic heterocycles. The highest BCUT2D eigenvalue weighted by molar-refractivity contribution is 5.98. The number of aryl methyl sites for hydroxylation is 4. The summed E-state index contributed by atoms with van der Waals surface area (Å²) in [6, 6.07) is 5.68. The molecule has 0 saturated carbocycles. The second kappa shape index (κ2) is 7.32. The summed E-state index contributed by atoms with van der Waals surface area (Å²) < 4.78 is 7.07. The molecule has 0 radical (unpaired) electrons. The summed E-state index contributed by atoms with van der Waals surface area (Å²) in [6.45, 7) is 5.28. The van der Waals surface area contributed by atoms with Gasteiger partial charge in [0.25, 0.3) is 5.91 Å². The fourth-order valence-corrected chi connectivity index (χ4v) is 3.32. The second-order valence-corrected chi connectivity index (χ2v) is 6.90. The molecule has 0 aliphatic heterocycles. The van der Waals surface area contributed by atoms with Crippen molar-refractivity contribution in [2.24, 2.45) is 7.05 Å². The number of esters is 1. The van der Waals surface area contributed by atoms with E-state index in [-0.39, 0.29) is 5.91 Å². The van der Waals surface area contributed by atoms with Crippen LogP contribution in [0, 0.1) is 13.8 Å². The number of nitrogens with one attached hydrogen (secondary N) is 1. The molecule has 6 heteroatoms. The van der Waals surface area contributed by atoms with Crippen LogP contribution < -0.4 is 5.32 Å². The quantitative estimate of drug-likeness (QED) is 0.856. The molecule has 2 aromatic rings. The number of hydrogen-bond donors (Lipinski definition) is 1. The summed E-state index contributed by atoms with van der Waals surface area (Å²) in [7, 11) is 1.82. The zero-order chi connectivity index (χ0) is 18.8. The Morgan fingerprint density at radius 3 is 2.54 bits per heavy atom. The number of benzene rings is 1. The lowest BCUT2D eigenvalue weighted by molar-refractivity contribution is -0.123. The maximum Gasteiger partial charge on any atom is 0.338 e. The highest BCUT2D eigenvalue weighted by Crippen LogP contribution is 2.23. The van der Waals surface area contributed by atoms with E-state index in [1.165, 1.54) is 17.5 Å². The topological polar surface area (TPSA) is 73.2 Å². The number of aromatic nitrogens is 2. The van der Waals surface area contributed by atoms with Crippen LogP contribution in [-0.2, 0) is 29.4 Å². The van der Waals surface area contributed by atoms with E-state index in [9.17, 15) is 9.59 Å². The predicted molar refractivity (Wildman–Crippen MR) is 99.3 cm³/mol. The normalized spacial score (nSPS) is 14.5. The van der Waals surface area contributed by atoms with Crippen molar-refractivity contribution in [3.05, 3.63) is 46.3 Å². The average molecular weight is 355 g/mol. The highest BCUT2D eigenvalue weighted by atomic mass is 16.5. The molecule has 1 amide bonds. The Hall–Kier alpha value is -2.63. The molecule has 1 heterocycles. The van der Waals surface area contributed by atoms with Crippen molar-refractivity contribution in [1.82, 2.24) is 9.78 Å². The van der Waals surface area contributed by atoms with Crippen LogP contribution in [0.2, 0.25) is 0 Å². The van der Waals surface area contributed by atoms with Gasteiger partial charge in [0.1, 0.15) is 0 Å². The Bertz CT molecular complexity index is 854. The van der Waals surface area contributed by atoms with Gasteiger partial charge in [-0.25, -0.2) is 4.79 Å². The van der Waals surface area contributed by atoms with E-state index in [0.717, 1.165) is 30.7 Å². The van der Waals surface area contributed by atoms with Gasteiger partial charge < -0.3 is 10.1 Å². The maximum atomic E-state index is 12.4. The van der Waals surface area contributed by atoms with Crippen LogP contribution >= 0.6 is 0 Å². The summed E-state index contributed by atoms with van der Waals surface area (Å²) in [5.41, 5.74) is 5.26. The molecule has 1 aliphatic carbocycles. The number of carbonyl (C=O) groups excluding carboxylic acids is 2. The van der Waals surface area contributed by atoms with Crippen molar-refractivity contribution in [2.45, 2.75) is 52.6 Å². The van der Waals surface area contributed by atoms with Gasteiger partial charge in [0.05, 0.1) is 22.6 Å². The van der Waals surface area contributed by atoms with Crippen LogP contribution in [0.4, 0.5) is 5.69 Å². The molecule has 3 rings (SSSR count). The van der Waals surface area contributed by atoms with E-state index in [1.54, 1.807) is 17.7 Å². The van der Waals surface area contributed by atoms with E-state index >= 15 is 0 Å². The third-order valence-electron chi connectivity index (χ3n) is 4.99. The van der Waals surface area contributed by atoms with Crippen molar-refractivity contribution in [3.8, 4) is 0 Å². The second-order valence-electron chi connectivity index (χ2n) is 6.90. The molecule has 1 aromatic carbocycles. The number of rotatable bonds is 4. The van der Waals surface area contributed by atoms with E-state index < -0.39 is 12.1 Å². The highest BCUT2D eigenvalue weighted by Gasteiger charge is 2.22. The van der Waals surface area contributed by atoms with Gasteiger partial charge in [-0.15, -0.1) is 0 Å². The molecule has 0 unspecified atom stereocenters. The number of carbonyl (C=O) groups is 2. The molecule has 0 spiro atoms. The first-order valence-corrected chi connectivity index (χ1v) is 9.00. The van der Waals surface area contributed by atoms with E-state index in [0.29, 0.717) is 11.3 Å². The van der Waals surface area contributed by atoms with Crippen molar-refractivity contribution in [2.75, 3.05) is 5.32 Å². The first-order chi connectivity index (χ1) is 12.4. The van der Waals surface area contributed by atoms with Gasteiger partial charge >= 0.3 is 5.97 Å². The summed E-state index contributed by atoms with van der Waals surface area (Å²) in [5.74, 6) is -0.837. The van der Waals surface area contributed by atoms with Crippen molar-refractivity contribution in [3.63, 3.8) is 0 Å². The molecule has 0 saturated heterocycles. The van der Waals surface area contributed by atoms with E-state index in [1.807, 2.05) is 33.0 Å². The number of amides is 1. The first-order valence-electron chi connectivity index (χ1n) is 9.00. The molecule has 6 nitrogen and oxygen atoms in total. The fourth-order valence-electron chi connectivity index (χ4n) is 3.32. The smallest absolute Gasteiger partial charge is 0.338 e. The van der Waals surface area contributed by atoms with Crippen LogP contribution in [-0.4, -0.2) is 27.8 Å². The molecular formula is C20H25N3O3. The van der Waals surface area contributed by atoms with Gasteiger partial charge in [-0.05, 0) is 69.7 Å². The summed E-state index contributed by atoms with van der Waals surface area (Å²) in [5, 5.41) is 7.07. The molecular weight excluding hydrogens is 330 g/mol. The largest absolute Gasteiger partial charge is 0.449 e. The number of fused-ring (bicyclic) bond motifs is 1. The minimum Gasteiger partial charge on any atom is -0.449 e. The molecule has 0 bridgehead atoms. The van der Waals surface area contributed by atoms with E-state index in [4.69, 9.17) is 4.74 Å². The van der Waals surface area contributed by atoms with Crippen molar-refractivity contribution >= 4 is 17.6 Å². The van der Waals surface area contributed by atoms with Crippen molar-refractivity contribution < 1.29 is 14.3 Å². The van der Waals surface area contributed by atoms with Crippen LogP contribution in [0.3, 0.4) is 0 Å². The Morgan fingerprint density at radius 1 is 1.19 bits per heavy atom. The van der Waals surface area contributed by atoms with Crippen LogP contribution in [0.1, 0.15) is 52.6 Å². The number of anilines is 1. The van der Waals surface area contributed by atoms with Crippen LogP contribution in [0.15, 0.2) is 18.2 Å². The zero-order valence-electron chi connectivity index (χ0n) is 15.8. The maximum absolute atomic E-state index is 12.4. The Kier molecular flexibility index (Phi) is 5.11. The van der Waals surface area contributed by atoms with E-state index in [2.05, 4.69) is 10.4 Å². The Balaban J connectivity index is 1.66.